The lowest BCUT2D eigenvalue weighted by atomic mass is 9.98. The van der Waals surface area contributed by atoms with Crippen LogP contribution in [-0.2, 0) is 14.9 Å². The third-order valence-electron chi connectivity index (χ3n) is 4.13. The fourth-order valence-corrected chi connectivity index (χ4v) is 4.30. The first-order valence-corrected chi connectivity index (χ1v) is 9.11. The summed E-state index contributed by atoms with van der Waals surface area (Å²) < 4.78 is 34.3. The van der Waals surface area contributed by atoms with Crippen LogP contribution < -0.4 is 10.0 Å². The van der Waals surface area contributed by atoms with Gasteiger partial charge in [0.25, 0.3) is 10.2 Å². The standard InChI is InChI=1S/C13H27N3O3S/c1-2-14-11-12-3-7-16(8-4-12)20(17,18)15-13-5-9-19-10-6-13/h12-15H,2-11H2,1H3. The second kappa shape index (κ2) is 7.70. The highest BCUT2D eigenvalue weighted by Crippen LogP contribution is 2.19. The Labute approximate surface area is 122 Å². The molecule has 20 heavy (non-hydrogen) atoms. The largest absolute Gasteiger partial charge is 0.381 e. The SMILES string of the molecule is CCNCC1CCN(S(=O)(=O)NC2CCOCC2)CC1. The van der Waals surface area contributed by atoms with E-state index in [1.165, 1.54) is 0 Å². The van der Waals surface area contributed by atoms with Crippen molar-refractivity contribution in [1.82, 2.24) is 14.3 Å². The Bertz CT molecular complexity index is 374. The van der Waals surface area contributed by atoms with Gasteiger partial charge in [-0.3, -0.25) is 0 Å². The third-order valence-corrected chi connectivity index (χ3v) is 5.81. The Balaban J connectivity index is 1.79. The monoisotopic (exact) mass is 305 g/mol. The van der Waals surface area contributed by atoms with Gasteiger partial charge in [0.05, 0.1) is 0 Å². The topological polar surface area (TPSA) is 70.7 Å². The van der Waals surface area contributed by atoms with Gasteiger partial charge in [0.2, 0.25) is 0 Å². The van der Waals surface area contributed by atoms with Crippen LogP contribution in [0.2, 0.25) is 0 Å². The van der Waals surface area contributed by atoms with Crippen LogP contribution in [0.15, 0.2) is 0 Å². The molecule has 2 aliphatic heterocycles. The maximum Gasteiger partial charge on any atom is 0.279 e. The Morgan fingerprint density at radius 3 is 2.40 bits per heavy atom. The zero-order valence-electron chi connectivity index (χ0n) is 12.3. The third kappa shape index (κ3) is 4.66. The van der Waals surface area contributed by atoms with E-state index in [0.29, 0.717) is 32.2 Å². The van der Waals surface area contributed by atoms with Gasteiger partial charge in [-0.1, -0.05) is 6.92 Å². The summed E-state index contributed by atoms with van der Waals surface area (Å²) >= 11 is 0. The molecule has 2 fully saturated rings. The molecule has 0 aliphatic carbocycles. The normalized spacial score (nSPS) is 24.1. The van der Waals surface area contributed by atoms with E-state index in [1.807, 2.05) is 0 Å². The maximum atomic E-state index is 12.3. The molecule has 0 amide bonds. The van der Waals surface area contributed by atoms with Crippen molar-refractivity contribution in [2.24, 2.45) is 5.92 Å². The van der Waals surface area contributed by atoms with Crippen LogP contribution in [0.5, 0.6) is 0 Å². The Hall–Kier alpha value is -0.210. The zero-order valence-corrected chi connectivity index (χ0v) is 13.1. The highest BCUT2D eigenvalue weighted by molar-refractivity contribution is 7.87. The number of ether oxygens (including phenoxy) is 1. The van der Waals surface area contributed by atoms with E-state index in [4.69, 9.17) is 4.74 Å². The Morgan fingerprint density at radius 1 is 1.15 bits per heavy atom. The van der Waals surface area contributed by atoms with Crippen LogP contribution in [0.4, 0.5) is 0 Å². The van der Waals surface area contributed by atoms with E-state index in [-0.39, 0.29) is 6.04 Å². The van der Waals surface area contributed by atoms with Crippen LogP contribution in [0.25, 0.3) is 0 Å². The lowest BCUT2D eigenvalue weighted by Crippen LogP contribution is -2.50. The van der Waals surface area contributed by atoms with Gasteiger partial charge in [0.1, 0.15) is 0 Å². The van der Waals surface area contributed by atoms with Crippen LogP contribution in [0, 0.1) is 5.92 Å². The second-order valence-electron chi connectivity index (χ2n) is 5.66. The molecule has 118 valence electrons. The number of rotatable bonds is 6. The van der Waals surface area contributed by atoms with Crippen molar-refractivity contribution in [3.63, 3.8) is 0 Å². The fraction of sp³-hybridized carbons (Fsp3) is 1.00. The molecule has 2 aliphatic rings. The smallest absolute Gasteiger partial charge is 0.279 e. The quantitative estimate of drug-likeness (QED) is 0.741. The van der Waals surface area contributed by atoms with E-state index in [0.717, 1.165) is 38.8 Å². The van der Waals surface area contributed by atoms with Gasteiger partial charge in [-0.05, 0) is 44.7 Å². The molecule has 0 bridgehead atoms. The Kier molecular flexibility index (Phi) is 6.22. The Morgan fingerprint density at radius 2 is 1.80 bits per heavy atom. The molecule has 0 unspecified atom stereocenters. The number of nitrogens with one attached hydrogen (secondary N) is 2. The van der Waals surface area contributed by atoms with E-state index in [9.17, 15) is 8.42 Å². The van der Waals surface area contributed by atoms with Gasteiger partial charge in [-0.15, -0.1) is 0 Å². The van der Waals surface area contributed by atoms with Gasteiger partial charge >= 0.3 is 0 Å². The lowest BCUT2D eigenvalue weighted by molar-refractivity contribution is 0.0826. The number of nitrogens with zero attached hydrogens (tertiary/aromatic N) is 1. The summed E-state index contributed by atoms with van der Waals surface area (Å²) in [6, 6.07) is 0.0354. The number of hydrogen-bond acceptors (Lipinski definition) is 4. The number of hydrogen-bond donors (Lipinski definition) is 2. The minimum absolute atomic E-state index is 0.0354. The fourth-order valence-electron chi connectivity index (χ4n) is 2.80. The van der Waals surface area contributed by atoms with Gasteiger partial charge < -0.3 is 10.1 Å². The highest BCUT2D eigenvalue weighted by atomic mass is 32.2. The van der Waals surface area contributed by atoms with E-state index in [1.54, 1.807) is 4.31 Å². The molecule has 2 N–H and O–H groups in total. The van der Waals surface area contributed by atoms with Crippen LogP contribution in [0.1, 0.15) is 32.6 Å². The van der Waals surface area contributed by atoms with Crippen molar-refractivity contribution in [2.75, 3.05) is 39.4 Å². The minimum atomic E-state index is -3.32. The summed E-state index contributed by atoms with van der Waals surface area (Å²) in [7, 11) is -3.32. The first-order chi connectivity index (χ1) is 9.62. The van der Waals surface area contributed by atoms with Crippen molar-refractivity contribution >= 4 is 10.2 Å². The predicted octanol–water partition coefficient (Wildman–Crippen LogP) is 0.321. The van der Waals surface area contributed by atoms with Gasteiger partial charge in [-0.2, -0.15) is 17.4 Å². The summed E-state index contributed by atoms with van der Waals surface area (Å²) in [4.78, 5) is 0. The van der Waals surface area contributed by atoms with Crippen molar-refractivity contribution in [3.05, 3.63) is 0 Å². The van der Waals surface area contributed by atoms with E-state index >= 15 is 0 Å². The van der Waals surface area contributed by atoms with Crippen molar-refractivity contribution in [3.8, 4) is 0 Å². The predicted molar refractivity (Wildman–Crippen MR) is 78.7 cm³/mol. The maximum absolute atomic E-state index is 12.3. The first-order valence-electron chi connectivity index (χ1n) is 7.67. The molecule has 0 aromatic carbocycles. The summed E-state index contributed by atoms with van der Waals surface area (Å²) in [6.07, 6.45) is 3.44. The number of piperidine rings is 1. The summed E-state index contributed by atoms with van der Waals surface area (Å²) in [5.74, 6) is 0.601. The molecule has 7 heteroatoms. The molecular formula is C13H27N3O3S. The van der Waals surface area contributed by atoms with Gasteiger partial charge in [-0.25, -0.2) is 0 Å². The van der Waals surface area contributed by atoms with Crippen molar-refractivity contribution in [1.29, 1.82) is 0 Å². The zero-order chi connectivity index (χ0) is 14.4. The highest BCUT2D eigenvalue weighted by Gasteiger charge is 2.30. The van der Waals surface area contributed by atoms with Crippen molar-refractivity contribution in [2.45, 2.75) is 38.6 Å². The average Bonchev–Trinajstić information content (AvgIpc) is 2.46. The second-order valence-corrected chi connectivity index (χ2v) is 7.36. The van der Waals surface area contributed by atoms with Crippen molar-refractivity contribution < 1.29 is 13.2 Å². The first kappa shape index (κ1) is 16.2. The molecule has 2 heterocycles. The summed E-state index contributed by atoms with van der Waals surface area (Å²) in [5, 5.41) is 3.34. The minimum Gasteiger partial charge on any atom is -0.381 e. The molecule has 0 spiro atoms. The van der Waals surface area contributed by atoms with E-state index < -0.39 is 10.2 Å². The van der Waals surface area contributed by atoms with E-state index in [2.05, 4.69) is 17.0 Å². The molecule has 0 atom stereocenters. The molecule has 0 radical (unpaired) electrons. The molecular weight excluding hydrogens is 278 g/mol. The van der Waals surface area contributed by atoms with Crippen LogP contribution in [0.3, 0.4) is 0 Å². The summed E-state index contributed by atoms with van der Waals surface area (Å²) in [6.45, 7) is 6.64. The van der Waals surface area contributed by atoms with Gasteiger partial charge in [0, 0.05) is 32.3 Å². The average molecular weight is 305 g/mol. The lowest BCUT2D eigenvalue weighted by Gasteiger charge is -2.33. The molecule has 6 nitrogen and oxygen atoms in total. The summed E-state index contributed by atoms with van der Waals surface area (Å²) in [5.41, 5.74) is 0. The van der Waals surface area contributed by atoms with Crippen LogP contribution in [-0.4, -0.2) is 58.2 Å². The molecule has 0 saturated carbocycles. The molecule has 2 saturated heterocycles. The molecule has 0 aromatic rings. The van der Waals surface area contributed by atoms with Gasteiger partial charge in [0.15, 0.2) is 0 Å². The van der Waals surface area contributed by atoms with Crippen LogP contribution >= 0.6 is 0 Å². The molecule has 0 aromatic heterocycles. The molecule has 2 rings (SSSR count).